The first-order valence-electron chi connectivity index (χ1n) is 24.6. The molecule has 0 aromatic heterocycles. The van der Waals surface area contributed by atoms with Crippen molar-refractivity contribution in [2.45, 2.75) is 285 Å². The second-order valence-corrected chi connectivity index (χ2v) is 17.2. The molecule has 0 saturated heterocycles. The summed E-state index contributed by atoms with van der Waals surface area (Å²) in [7, 11) is -5.17. The van der Waals surface area contributed by atoms with Crippen molar-refractivity contribution < 1.29 is 86.1 Å². The fourth-order valence-electron chi connectivity index (χ4n) is 6.97. The monoisotopic (exact) mass is 851 g/mol. The molecule has 0 N–H and O–H groups in total. The molecule has 336 valence electrons. The summed E-state index contributed by atoms with van der Waals surface area (Å²) in [5.74, 6) is 0. The minimum Gasteiger partial charge on any atom is -0.759 e. The summed E-state index contributed by atoms with van der Waals surface area (Å²) in [6, 6.07) is 0. The summed E-state index contributed by atoms with van der Waals surface area (Å²) in [5, 5.41) is 0. The third-order valence-corrected chi connectivity index (χ3v) is 10.6. The van der Waals surface area contributed by atoms with Gasteiger partial charge in [0.05, 0.1) is 0 Å². The summed E-state index contributed by atoms with van der Waals surface area (Å²) < 4.78 is 45.6. The van der Waals surface area contributed by atoms with Gasteiger partial charge in [0.25, 0.3) is 0 Å². The van der Waals surface area contributed by atoms with Crippen molar-refractivity contribution >= 4 is 10.4 Å². The molecule has 0 rings (SSSR count). The van der Waals surface area contributed by atoms with Gasteiger partial charge in [0.15, 0.2) is 0 Å². The van der Waals surface area contributed by atoms with Crippen LogP contribution in [0.25, 0.3) is 0 Å². The van der Waals surface area contributed by atoms with Crippen molar-refractivity contribution in [2.75, 3.05) is 26.4 Å². The van der Waals surface area contributed by atoms with Gasteiger partial charge in [-0.05, 0) is 25.7 Å². The molecule has 0 aliphatic heterocycles. The van der Waals surface area contributed by atoms with Gasteiger partial charge in [-0.25, -0.2) is 0 Å². The van der Waals surface area contributed by atoms with Crippen molar-refractivity contribution in [3.63, 3.8) is 0 Å². The minimum atomic E-state index is -5.17. The Morgan fingerprint density at radius 1 is 0.263 bits per heavy atom. The molecule has 0 saturated carbocycles. The second-order valence-electron chi connectivity index (χ2n) is 16.4. The molecule has 0 amide bonds. The summed E-state index contributed by atoms with van der Waals surface area (Å²) in [6.45, 7) is 13.1. The quantitative estimate of drug-likeness (QED) is 0.0262. The maximum absolute atomic E-state index is 8.52. The molecule has 0 radical (unpaired) electrons. The largest absolute Gasteiger partial charge is 1.00 e. The number of rotatable bonds is 44. The van der Waals surface area contributed by atoms with E-state index in [0.717, 1.165) is 26.4 Å². The Bertz CT molecular complexity index is 646. The third kappa shape index (κ3) is 85.8. The topological polar surface area (TPSA) is 98.7 Å². The van der Waals surface area contributed by atoms with Crippen LogP contribution in [0.3, 0.4) is 0 Å². The van der Waals surface area contributed by atoms with E-state index >= 15 is 0 Å². The first kappa shape index (κ1) is 67.9. The zero-order valence-corrected chi connectivity index (χ0v) is 44.8. The van der Waals surface area contributed by atoms with Crippen molar-refractivity contribution in [3.8, 4) is 0 Å². The molecule has 0 heterocycles. The van der Waals surface area contributed by atoms with Crippen molar-refractivity contribution in [3.05, 3.63) is 0 Å². The fourth-order valence-corrected chi connectivity index (χ4v) is 6.97. The predicted octanol–water partition coefficient (Wildman–Crippen LogP) is 10.4. The third-order valence-electron chi connectivity index (χ3n) is 10.6. The van der Waals surface area contributed by atoms with Gasteiger partial charge in [0.1, 0.15) is 0 Å². The molecule has 6 nitrogen and oxygen atoms in total. The number of ether oxygens (including phenoxy) is 2. The Labute approximate surface area is 404 Å². The molecule has 0 fully saturated rings. The van der Waals surface area contributed by atoms with Crippen LogP contribution in [0.2, 0.25) is 0 Å². The summed E-state index contributed by atoms with van der Waals surface area (Å²) in [6.07, 6.45) is 56.3. The molecule has 0 atom stereocenters. The van der Waals surface area contributed by atoms with Crippen molar-refractivity contribution in [2.24, 2.45) is 0 Å². The molecule has 57 heavy (non-hydrogen) atoms. The summed E-state index contributed by atoms with van der Waals surface area (Å²) in [4.78, 5) is 0. The van der Waals surface area contributed by atoms with Crippen LogP contribution in [-0.4, -0.2) is 44.0 Å². The first-order valence-corrected chi connectivity index (χ1v) is 26.0. The Hall–Kier alpha value is 1.79. The van der Waals surface area contributed by atoms with E-state index in [1.54, 1.807) is 0 Å². The summed E-state index contributed by atoms with van der Waals surface area (Å²) >= 11 is 0. The predicted molar refractivity (Wildman–Crippen MR) is 239 cm³/mol. The average molecular weight is 851 g/mol. The zero-order valence-electron chi connectivity index (χ0n) is 40.0. The Balaban J connectivity index is -0.000000273. The molecular weight excluding hydrogens is 751 g/mol. The number of unbranched alkanes of at least 4 members (excludes halogenated alkanes) is 36. The van der Waals surface area contributed by atoms with Gasteiger partial charge in [0, 0.05) is 36.8 Å². The molecule has 0 bridgehead atoms. The molecule has 0 aliphatic carbocycles. The van der Waals surface area contributed by atoms with E-state index in [1.165, 1.54) is 257 Å². The first-order chi connectivity index (χ1) is 26.8. The van der Waals surface area contributed by atoms with Crippen LogP contribution in [0.4, 0.5) is 0 Å². The van der Waals surface area contributed by atoms with Crippen LogP contribution in [-0.2, 0) is 19.9 Å². The van der Waals surface area contributed by atoms with Crippen LogP contribution in [0.1, 0.15) is 285 Å². The molecular formula is C48H100Na2O6S. The van der Waals surface area contributed by atoms with E-state index in [4.69, 9.17) is 27.0 Å². The van der Waals surface area contributed by atoms with Gasteiger partial charge in [-0.1, -0.05) is 259 Å². The molecule has 9 heteroatoms. The number of hydrogen-bond acceptors (Lipinski definition) is 6. The fraction of sp³-hybridized carbons (Fsp3) is 1.00. The maximum atomic E-state index is 8.52. The van der Waals surface area contributed by atoms with Gasteiger partial charge in [-0.15, -0.1) is 0 Å². The van der Waals surface area contributed by atoms with Crippen LogP contribution in [0.15, 0.2) is 0 Å². The minimum absolute atomic E-state index is 0. The van der Waals surface area contributed by atoms with Gasteiger partial charge >= 0.3 is 59.1 Å². The van der Waals surface area contributed by atoms with E-state index in [1.807, 2.05) is 0 Å². The van der Waals surface area contributed by atoms with Crippen molar-refractivity contribution in [1.82, 2.24) is 0 Å². The SMILES string of the molecule is CCCCCCCCCCCCOCCCCCCCCCCCC.CCCCCCCCCCCCOCCCCCCCCCCCC.O=S(=O)([O-])[O-].[Na+].[Na+]. The molecule has 0 aliphatic rings. The van der Waals surface area contributed by atoms with E-state index in [-0.39, 0.29) is 59.1 Å². The Morgan fingerprint density at radius 3 is 0.491 bits per heavy atom. The second kappa shape index (κ2) is 64.4. The Morgan fingerprint density at radius 2 is 0.368 bits per heavy atom. The van der Waals surface area contributed by atoms with E-state index in [0.29, 0.717) is 0 Å². The standard InChI is InChI=1S/2C24H50O.2Na.H2O4S/c2*1-3-5-7-9-11-13-15-17-19-21-23-25-24-22-20-18-16-14-12-10-8-6-4-2;;;1-5(2,3)4/h2*3-24H2,1-2H3;;;(H2,1,2,3,4)/q;;2*+1;/p-2. The van der Waals surface area contributed by atoms with Gasteiger partial charge < -0.3 is 18.6 Å². The van der Waals surface area contributed by atoms with Crippen LogP contribution >= 0.6 is 0 Å². The summed E-state index contributed by atoms with van der Waals surface area (Å²) in [5.41, 5.74) is 0. The molecule has 0 unspecified atom stereocenters. The van der Waals surface area contributed by atoms with E-state index < -0.39 is 10.4 Å². The molecule has 0 aromatic rings. The van der Waals surface area contributed by atoms with Gasteiger partial charge in [-0.2, -0.15) is 0 Å². The van der Waals surface area contributed by atoms with Gasteiger partial charge in [0.2, 0.25) is 0 Å². The van der Waals surface area contributed by atoms with Crippen LogP contribution in [0.5, 0.6) is 0 Å². The normalized spacial score (nSPS) is 10.9. The maximum Gasteiger partial charge on any atom is 1.00 e. The van der Waals surface area contributed by atoms with Crippen LogP contribution < -0.4 is 59.1 Å². The Kier molecular flexibility index (Phi) is 76.7. The average Bonchev–Trinajstić information content (AvgIpc) is 3.15. The zero-order chi connectivity index (χ0) is 41.0. The smallest absolute Gasteiger partial charge is 0.759 e. The van der Waals surface area contributed by atoms with Crippen molar-refractivity contribution in [1.29, 1.82) is 0 Å². The molecule has 0 spiro atoms. The van der Waals surface area contributed by atoms with E-state index in [2.05, 4.69) is 27.7 Å². The van der Waals surface area contributed by atoms with Crippen LogP contribution in [0, 0.1) is 0 Å². The van der Waals surface area contributed by atoms with E-state index in [9.17, 15) is 0 Å². The molecule has 0 aromatic carbocycles. The number of hydrogen-bond donors (Lipinski definition) is 0. The van der Waals surface area contributed by atoms with Gasteiger partial charge in [-0.3, -0.25) is 8.42 Å².